The Labute approximate surface area is 91.6 Å². The van der Waals surface area contributed by atoms with Crippen LogP contribution in [0.1, 0.15) is 39.0 Å². The summed E-state index contributed by atoms with van der Waals surface area (Å²) in [4.78, 5) is 23.3. The number of rotatable bonds is 7. The van der Waals surface area contributed by atoms with Gasteiger partial charge < -0.3 is 14.4 Å². The van der Waals surface area contributed by atoms with Crippen molar-refractivity contribution in [3.8, 4) is 0 Å². The van der Waals surface area contributed by atoms with Gasteiger partial charge in [0.05, 0.1) is 13.2 Å². The fourth-order valence-corrected chi connectivity index (χ4v) is 1.41. The van der Waals surface area contributed by atoms with Crippen molar-refractivity contribution in [2.24, 2.45) is 0 Å². The molecule has 0 fully saturated rings. The Kier molecular flexibility index (Phi) is 7.68. The highest BCUT2D eigenvalue weighted by atomic mass is 16.5. The number of amides is 1. The van der Waals surface area contributed by atoms with E-state index < -0.39 is 6.09 Å². The van der Waals surface area contributed by atoms with Crippen LogP contribution in [0.15, 0.2) is 0 Å². The molecule has 0 rings (SSSR count). The third-order valence-electron chi connectivity index (χ3n) is 2.47. The smallest absolute Gasteiger partial charge is 0.409 e. The van der Waals surface area contributed by atoms with Gasteiger partial charge in [0.1, 0.15) is 6.29 Å². The molecule has 0 aromatic rings. The number of aldehydes is 1. The van der Waals surface area contributed by atoms with E-state index in [0.29, 0.717) is 0 Å². The zero-order valence-corrected chi connectivity index (χ0v) is 9.86. The van der Waals surface area contributed by atoms with Crippen LogP contribution in [0.5, 0.6) is 0 Å². The minimum Gasteiger partial charge on any atom is -0.453 e. The van der Waals surface area contributed by atoms with Crippen LogP contribution in [-0.4, -0.2) is 37.5 Å². The monoisotopic (exact) mass is 215 g/mol. The maximum atomic E-state index is 11.1. The van der Waals surface area contributed by atoms with E-state index in [9.17, 15) is 9.59 Å². The number of likely N-dealkylation sites (N-methyl/N-ethyl adjacent to an activating group) is 1. The number of carbonyl (C=O) groups excluding carboxylic acids is 2. The van der Waals surface area contributed by atoms with Crippen molar-refractivity contribution < 1.29 is 14.3 Å². The van der Waals surface area contributed by atoms with E-state index in [4.69, 9.17) is 0 Å². The lowest BCUT2D eigenvalue weighted by Gasteiger charge is -2.22. The van der Waals surface area contributed by atoms with Gasteiger partial charge in [-0.3, -0.25) is 0 Å². The molecule has 0 heterocycles. The molecule has 4 nitrogen and oxygen atoms in total. The topological polar surface area (TPSA) is 46.6 Å². The number of hydrogen-bond acceptors (Lipinski definition) is 3. The number of ether oxygens (including phenoxy) is 1. The Morgan fingerprint density at radius 2 is 2.07 bits per heavy atom. The summed E-state index contributed by atoms with van der Waals surface area (Å²) >= 11 is 0. The number of unbranched alkanes of at least 4 members (excludes halogenated alkanes) is 3. The van der Waals surface area contributed by atoms with Crippen LogP contribution in [0.25, 0.3) is 0 Å². The Balaban J connectivity index is 3.90. The maximum Gasteiger partial charge on any atom is 0.409 e. The lowest BCUT2D eigenvalue weighted by atomic mass is 10.1. The number of methoxy groups -OCH3 is 1. The zero-order chi connectivity index (χ0) is 11.7. The van der Waals surface area contributed by atoms with Crippen molar-refractivity contribution in [3.05, 3.63) is 0 Å². The van der Waals surface area contributed by atoms with Gasteiger partial charge in [0.15, 0.2) is 0 Å². The van der Waals surface area contributed by atoms with E-state index in [1.54, 1.807) is 7.05 Å². The van der Waals surface area contributed by atoms with Gasteiger partial charge in [-0.05, 0) is 6.42 Å². The molecule has 0 unspecified atom stereocenters. The third kappa shape index (κ3) is 5.40. The zero-order valence-electron chi connectivity index (χ0n) is 9.86. The molecular weight excluding hydrogens is 194 g/mol. The minimum absolute atomic E-state index is 0.352. The van der Waals surface area contributed by atoms with E-state index in [0.717, 1.165) is 25.5 Å². The van der Waals surface area contributed by atoms with Crippen LogP contribution >= 0.6 is 0 Å². The molecule has 4 heteroatoms. The maximum absolute atomic E-state index is 11.1. The fraction of sp³-hybridized carbons (Fsp3) is 0.818. The Morgan fingerprint density at radius 3 is 2.53 bits per heavy atom. The quantitative estimate of drug-likeness (QED) is 0.483. The molecule has 1 amide bonds. The number of hydrogen-bond donors (Lipinski definition) is 0. The highest BCUT2D eigenvalue weighted by molar-refractivity contribution is 5.72. The molecule has 15 heavy (non-hydrogen) atoms. The van der Waals surface area contributed by atoms with Crippen molar-refractivity contribution in [1.29, 1.82) is 0 Å². The SMILES string of the molecule is CCCCCC[C@H](C=O)N(C)C(=O)OC. The highest BCUT2D eigenvalue weighted by Crippen LogP contribution is 2.09. The van der Waals surface area contributed by atoms with Crippen LogP contribution in [0.4, 0.5) is 4.79 Å². The fourth-order valence-electron chi connectivity index (χ4n) is 1.41. The number of nitrogens with zero attached hydrogens (tertiary/aromatic N) is 1. The first-order valence-corrected chi connectivity index (χ1v) is 5.43. The summed E-state index contributed by atoms with van der Waals surface area (Å²) in [6, 6.07) is -0.352. The van der Waals surface area contributed by atoms with Gasteiger partial charge in [-0.1, -0.05) is 32.6 Å². The van der Waals surface area contributed by atoms with Gasteiger partial charge in [-0.2, -0.15) is 0 Å². The molecule has 0 aromatic heterocycles. The van der Waals surface area contributed by atoms with Gasteiger partial charge >= 0.3 is 6.09 Å². The molecule has 0 bridgehead atoms. The molecule has 0 aliphatic heterocycles. The minimum atomic E-state index is -0.456. The summed E-state index contributed by atoms with van der Waals surface area (Å²) in [5, 5.41) is 0. The average Bonchev–Trinajstić information content (AvgIpc) is 2.27. The Bertz CT molecular complexity index is 194. The van der Waals surface area contributed by atoms with Crippen molar-refractivity contribution in [2.45, 2.75) is 45.1 Å². The summed E-state index contributed by atoms with van der Waals surface area (Å²) in [7, 11) is 2.91. The number of carbonyl (C=O) groups is 2. The van der Waals surface area contributed by atoms with Crippen LogP contribution in [0, 0.1) is 0 Å². The Hall–Kier alpha value is -1.06. The predicted octanol–water partition coefficient (Wildman–Crippen LogP) is 2.22. The van der Waals surface area contributed by atoms with Gasteiger partial charge in [0, 0.05) is 7.05 Å². The molecular formula is C11H21NO3. The van der Waals surface area contributed by atoms with Crippen LogP contribution in [-0.2, 0) is 9.53 Å². The third-order valence-corrected chi connectivity index (χ3v) is 2.47. The van der Waals surface area contributed by atoms with Crippen LogP contribution in [0.3, 0.4) is 0 Å². The van der Waals surface area contributed by atoms with Crippen molar-refractivity contribution in [2.75, 3.05) is 14.2 Å². The van der Waals surface area contributed by atoms with Gasteiger partial charge in [-0.15, -0.1) is 0 Å². The molecule has 0 radical (unpaired) electrons. The molecule has 0 saturated carbocycles. The Morgan fingerprint density at radius 1 is 1.40 bits per heavy atom. The lowest BCUT2D eigenvalue weighted by Crippen LogP contribution is -2.38. The molecule has 88 valence electrons. The van der Waals surface area contributed by atoms with E-state index in [2.05, 4.69) is 11.7 Å². The lowest BCUT2D eigenvalue weighted by molar-refractivity contribution is -0.111. The second kappa shape index (κ2) is 8.26. The summed E-state index contributed by atoms with van der Waals surface area (Å²) < 4.78 is 4.55. The normalized spacial score (nSPS) is 11.9. The average molecular weight is 215 g/mol. The molecule has 0 aliphatic carbocycles. The summed E-state index contributed by atoms with van der Waals surface area (Å²) in [5.74, 6) is 0. The first-order valence-electron chi connectivity index (χ1n) is 5.43. The predicted molar refractivity (Wildman–Crippen MR) is 58.8 cm³/mol. The van der Waals surface area contributed by atoms with E-state index in [-0.39, 0.29) is 6.04 Å². The van der Waals surface area contributed by atoms with Gasteiger partial charge in [-0.25, -0.2) is 4.79 Å². The van der Waals surface area contributed by atoms with Gasteiger partial charge in [0.25, 0.3) is 0 Å². The highest BCUT2D eigenvalue weighted by Gasteiger charge is 2.18. The van der Waals surface area contributed by atoms with Crippen molar-refractivity contribution in [1.82, 2.24) is 4.90 Å². The molecule has 0 aliphatic rings. The largest absolute Gasteiger partial charge is 0.453 e. The second-order valence-corrected chi connectivity index (χ2v) is 3.63. The summed E-state index contributed by atoms with van der Waals surface area (Å²) in [6.07, 6.45) is 5.49. The molecule has 0 N–H and O–H groups in total. The van der Waals surface area contributed by atoms with Gasteiger partial charge in [0.2, 0.25) is 0 Å². The first-order chi connectivity index (χ1) is 7.17. The summed E-state index contributed by atoms with van der Waals surface area (Å²) in [6.45, 7) is 2.14. The van der Waals surface area contributed by atoms with Crippen LogP contribution in [0.2, 0.25) is 0 Å². The van der Waals surface area contributed by atoms with E-state index in [1.807, 2.05) is 0 Å². The van der Waals surface area contributed by atoms with Crippen molar-refractivity contribution >= 4 is 12.4 Å². The van der Waals surface area contributed by atoms with E-state index in [1.165, 1.54) is 24.9 Å². The molecule has 0 spiro atoms. The molecule has 0 aromatic carbocycles. The van der Waals surface area contributed by atoms with Crippen LogP contribution < -0.4 is 0 Å². The summed E-state index contributed by atoms with van der Waals surface area (Å²) in [5.41, 5.74) is 0. The second-order valence-electron chi connectivity index (χ2n) is 3.63. The van der Waals surface area contributed by atoms with E-state index >= 15 is 0 Å². The molecule has 1 atom stereocenters. The molecule has 0 saturated heterocycles. The van der Waals surface area contributed by atoms with Crippen molar-refractivity contribution in [3.63, 3.8) is 0 Å². The first kappa shape index (κ1) is 13.9. The standard InChI is InChI=1S/C11H21NO3/c1-4-5-6-7-8-10(9-13)12(2)11(14)15-3/h9-10H,4-8H2,1-3H3/t10-/m1/s1.